The van der Waals surface area contributed by atoms with Gasteiger partial charge in [0.1, 0.15) is 0 Å². The van der Waals surface area contributed by atoms with E-state index in [-0.39, 0.29) is 0 Å². The van der Waals surface area contributed by atoms with Crippen LogP contribution in [0.4, 0.5) is 0 Å². The van der Waals surface area contributed by atoms with Gasteiger partial charge in [0.15, 0.2) is 0 Å². The average Bonchev–Trinajstić information content (AvgIpc) is 2.28. The SMILES string of the molecule is CCN(CC1CCC1)S(=O)(=O)c1ccc(Br)cc1. The number of nitrogens with zero attached hydrogens (tertiary/aromatic N) is 1. The van der Waals surface area contributed by atoms with Gasteiger partial charge in [-0.3, -0.25) is 0 Å². The molecule has 3 nitrogen and oxygen atoms in total. The average molecular weight is 332 g/mol. The van der Waals surface area contributed by atoms with E-state index in [0.717, 1.165) is 17.3 Å². The van der Waals surface area contributed by atoms with Crippen molar-refractivity contribution < 1.29 is 8.42 Å². The zero-order chi connectivity index (χ0) is 13.2. The second-order valence-corrected chi connectivity index (χ2v) is 7.56. The number of rotatable bonds is 5. The molecule has 0 spiro atoms. The standard InChI is InChI=1S/C13H18BrNO2S/c1-2-15(10-11-4-3-5-11)18(16,17)13-8-6-12(14)7-9-13/h6-9,11H,2-5,10H2,1H3. The lowest BCUT2D eigenvalue weighted by atomic mass is 9.85. The molecule has 0 aromatic heterocycles. The Morgan fingerprint density at radius 1 is 1.28 bits per heavy atom. The molecule has 1 saturated carbocycles. The Morgan fingerprint density at radius 3 is 2.33 bits per heavy atom. The molecular formula is C13H18BrNO2S. The van der Waals surface area contributed by atoms with Crippen LogP contribution >= 0.6 is 15.9 Å². The maximum atomic E-state index is 12.5. The van der Waals surface area contributed by atoms with Gasteiger partial charge in [-0.1, -0.05) is 29.3 Å². The van der Waals surface area contributed by atoms with Gasteiger partial charge in [0.05, 0.1) is 4.90 Å². The van der Waals surface area contributed by atoms with Crippen LogP contribution in [0, 0.1) is 5.92 Å². The summed E-state index contributed by atoms with van der Waals surface area (Å²) in [5, 5.41) is 0. The minimum Gasteiger partial charge on any atom is -0.207 e. The van der Waals surface area contributed by atoms with E-state index in [0.29, 0.717) is 23.9 Å². The molecule has 100 valence electrons. The third-order valence-electron chi connectivity index (χ3n) is 3.49. The Hall–Kier alpha value is -0.390. The molecule has 0 amide bonds. The summed E-state index contributed by atoms with van der Waals surface area (Å²) in [6.07, 6.45) is 3.55. The van der Waals surface area contributed by atoms with Gasteiger partial charge < -0.3 is 0 Å². The van der Waals surface area contributed by atoms with E-state index in [2.05, 4.69) is 15.9 Å². The lowest BCUT2D eigenvalue weighted by Crippen LogP contribution is -2.37. The first-order valence-corrected chi connectivity index (χ1v) is 8.53. The van der Waals surface area contributed by atoms with Crippen molar-refractivity contribution in [3.05, 3.63) is 28.7 Å². The van der Waals surface area contributed by atoms with Crippen molar-refractivity contribution in [2.24, 2.45) is 5.92 Å². The van der Waals surface area contributed by atoms with Crippen LogP contribution in [0.2, 0.25) is 0 Å². The first kappa shape index (κ1) is 14.0. The van der Waals surface area contributed by atoms with Crippen LogP contribution in [0.15, 0.2) is 33.6 Å². The van der Waals surface area contributed by atoms with Gasteiger partial charge in [0.2, 0.25) is 10.0 Å². The summed E-state index contributed by atoms with van der Waals surface area (Å²) in [6, 6.07) is 6.85. The Kier molecular flexibility index (Phi) is 4.45. The van der Waals surface area contributed by atoms with E-state index in [9.17, 15) is 8.42 Å². The highest BCUT2D eigenvalue weighted by Crippen LogP contribution is 2.29. The van der Waals surface area contributed by atoms with Crippen molar-refractivity contribution in [3.8, 4) is 0 Å². The molecule has 1 fully saturated rings. The molecule has 1 aliphatic rings. The van der Waals surface area contributed by atoms with E-state index < -0.39 is 10.0 Å². The molecule has 1 aromatic carbocycles. The third kappa shape index (κ3) is 2.95. The maximum absolute atomic E-state index is 12.5. The van der Waals surface area contributed by atoms with Gasteiger partial charge in [-0.05, 0) is 43.0 Å². The van der Waals surface area contributed by atoms with Gasteiger partial charge in [-0.25, -0.2) is 8.42 Å². The number of benzene rings is 1. The minimum atomic E-state index is -3.33. The summed E-state index contributed by atoms with van der Waals surface area (Å²) >= 11 is 3.32. The molecule has 0 bridgehead atoms. The zero-order valence-electron chi connectivity index (χ0n) is 10.5. The predicted molar refractivity (Wildman–Crippen MR) is 75.9 cm³/mol. The van der Waals surface area contributed by atoms with Gasteiger partial charge in [-0.15, -0.1) is 0 Å². The highest BCUT2D eigenvalue weighted by Gasteiger charge is 2.28. The largest absolute Gasteiger partial charge is 0.243 e. The van der Waals surface area contributed by atoms with Crippen molar-refractivity contribution in [2.45, 2.75) is 31.1 Å². The fourth-order valence-electron chi connectivity index (χ4n) is 2.12. The highest BCUT2D eigenvalue weighted by atomic mass is 79.9. The summed E-state index contributed by atoms with van der Waals surface area (Å²) in [6.45, 7) is 3.10. The Balaban J connectivity index is 2.18. The van der Waals surface area contributed by atoms with Crippen LogP contribution in [0.5, 0.6) is 0 Å². The fourth-order valence-corrected chi connectivity index (χ4v) is 3.91. The minimum absolute atomic E-state index is 0.381. The van der Waals surface area contributed by atoms with E-state index in [4.69, 9.17) is 0 Å². The molecule has 2 rings (SSSR count). The van der Waals surface area contributed by atoms with Gasteiger partial charge in [0, 0.05) is 17.6 Å². The summed E-state index contributed by atoms with van der Waals surface area (Å²) in [5.74, 6) is 0.551. The van der Waals surface area contributed by atoms with Crippen molar-refractivity contribution in [1.29, 1.82) is 0 Å². The second kappa shape index (κ2) is 5.72. The number of halogens is 1. The molecule has 0 radical (unpaired) electrons. The monoisotopic (exact) mass is 331 g/mol. The molecule has 0 heterocycles. The second-order valence-electron chi connectivity index (χ2n) is 4.71. The molecular weight excluding hydrogens is 314 g/mol. The third-order valence-corrected chi connectivity index (χ3v) is 5.97. The van der Waals surface area contributed by atoms with Crippen molar-refractivity contribution in [2.75, 3.05) is 13.1 Å². The fraction of sp³-hybridized carbons (Fsp3) is 0.538. The van der Waals surface area contributed by atoms with Crippen molar-refractivity contribution in [1.82, 2.24) is 4.31 Å². The van der Waals surface area contributed by atoms with Crippen LogP contribution in [-0.2, 0) is 10.0 Å². The highest BCUT2D eigenvalue weighted by molar-refractivity contribution is 9.10. The van der Waals surface area contributed by atoms with Gasteiger partial charge in [0.25, 0.3) is 0 Å². The molecule has 1 aromatic rings. The Morgan fingerprint density at radius 2 is 1.89 bits per heavy atom. The Bertz CT molecular complexity index is 494. The molecule has 0 atom stereocenters. The predicted octanol–water partition coefficient (Wildman–Crippen LogP) is 3.26. The van der Waals surface area contributed by atoms with E-state index >= 15 is 0 Å². The summed E-state index contributed by atoms with van der Waals surface area (Å²) in [4.78, 5) is 0.381. The topological polar surface area (TPSA) is 37.4 Å². The first-order chi connectivity index (χ1) is 8.54. The molecule has 5 heteroatoms. The molecule has 1 aliphatic carbocycles. The van der Waals surface area contributed by atoms with Crippen LogP contribution in [0.3, 0.4) is 0 Å². The molecule has 0 N–H and O–H groups in total. The van der Waals surface area contributed by atoms with E-state index in [1.807, 2.05) is 6.92 Å². The van der Waals surface area contributed by atoms with Gasteiger partial charge in [-0.2, -0.15) is 4.31 Å². The van der Waals surface area contributed by atoms with Crippen LogP contribution < -0.4 is 0 Å². The maximum Gasteiger partial charge on any atom is 0.243 e. The quantitative estimate of drug-likeness (QED) is 0.830. The summed E-state index contributed by atoms with van der Waals surface area (Å²) in [5.41, 5.74) is 0. The molecule has 0 unspecified atom stereocenters. The van der Waals surface area contributed by atoms with Gasteiger partial charge >= 0.3 is 0 Å². The number of hydrogen-bond donors (Lipinski definition) is 0. The van der Waals surface area contributed by atoms with Crippen LogP contribution in [-0.4, -0.2) is 25.8 Å². The van der Waals surface area contributed by atoms with E-state index in [1.165, 1.54) is 6.42 Å². The van der Waals surface area contributed by atoms with Crippen molar-refractivity contribution in [3.63, 3.8) is 0 Å². The summed E-state index contributed by atoms with van der Waals surface area (Å²) < 4.78 is 27.4. The van der Waals surface area contributed by atoms with E-state index in [1.54, 1.807) is 28.6 Å². The lowest BCUT2D eigenvalue weighted by Gasteiger charge is -2.31. The summed E-state index contributed by atoms with van der Waals surface area (Å²) in [7, 11) is -3.33. The lowest BCUT2D eigenvalue weighted by molar-refractivity contribution is 0.250. The molecule has 18 heavy (non-hydrogen) atoms. The van der Waals surface area contributed by atoms with Crippen LogP contribution in [0.1, 0.15) is 26.2 Å². The zero-order valence-corrected chi connectivity index (χ0v) is 12.9. The van der Waals surface area contributed by atoms with Crippen LogP contribution in [0.25, 0.3) is 0 Å². The normalized spacial score (nSPS) is 16.8. The number of sulfonamides is 1. The smallest absolute Gasteiger partial charge is 0.207 e. The Labute approximate surface area is 117 Å². The molecule has 0 aliphatic heterocycles. The molecule has 0 saturated heterocycles. The first-order valence-electron chi connectivity index (χ1n) is 6.29. The number of hydrogen-bond acceptors (Lipinski definition) is 2. The van der Waals surface area contributed by atoms with Crippen molar-refractivity contribution >= 4 is 26.0 Å².